The molecule has 0 aliphatic rings. The highest BCUT2D eigenvalue weighted by atomic mass is 35.5. The maximum absolute atomic E-state index is 12.2. The van der Waals surface area contributed by atoms with E-state index < -0.39 is 0 Å². The summed E-state index contributed by atoms with van der Waals surface area (Å²) in [6.45, 7) is 0. The van der Waals surface area contributed by atoms with Gasteiger partial charge in [0.2, 0.25) is 11.0 Å². The Kier molecular flexibility index (Phi) is 6.85. The third-order valence-electron chi connectivity index (χ3n) is 3.43. The van der Waals surface area contributed by atoms with Gasteiger partial charge in [-0.1, -0.05) is 52.9 Å². The average Bonchev–Trinajstić information content (AvgIpc) is 3.14. The van der Waals surface area contributed by atoms with E-state index in [9.17, 15) is 9.59 Å². The fourth-order valence-corrected chi connectivity index (χ4v) is 3.89. The van der Waals surface area contributed by atoms with Gasteiger partial charge in [0.05, 0.1) is 18.6 Å². The molecular weight excluding hydrogens is 420 g/mol. The number of amides is 2. The number of carbonyl (C=O) groups excluding carboxylic acids is 2. The van der Waals surface area contributed by atoms with Gasteiger partial charge in [0, 0.05) is 10.6 Å². The molecule has 7 nitrogen and oxygen atoms in total. The molecule has 3 rings (SSSR count). The Bertz CT molecular complexity index is 982. The molecule has 0 saturated heterocycles. The summed E-state index contributed by atoms with van der Waals surface area (Å²) in [6, 6.07) is 13.8. The van der Waals surface area contributed by atoms with Crippen molar-refractivity contribution in [3.8, 4) is 5.75 Å². The number of benzene rings is 2. The Morgan fingerprint density at radius 3 is 2.68 bits per heavy atom. The van der Waals surface area contributed by atoms with Crippen molar-refractivity contribution in [3.05, 3.63) is 59.1 Å². The van der Waals surface area contributed by atoms with E-state index in [0.717, 1.165) is 0 Å². The normalized spacial score (nSPS) is 10.4. The van der Waals surface area contributed by atoms with Crippen molar-refractivity contribution in [1.29, 1.82) is 0 Å². The summed E-state index contributed by atoms with van der Waals surface area (Å²) in [5, 5.41) is 14.2. The van der Waals surface area contributed by atoms with Crippen LogP contribution in [0.25, 0.3) is 0 Å². The zero-order valence-corrected chi connectivity index (χ0v) is 17.0. The molecule has 0 spiro atoms. The van der Waals surface area contributed by atoms with Gasteiger partial charge in [-0.15, -0.1) is 10.2 Å². The standard InChI is InChI=1S/C18H15ClN4O3S2/c1-26-14-8-7-12(19)9-13(14)20-15(24)10-27-18-23-22-17(28-18)21-16(25)11-5-3-2-4-6-11/h2-9H,10H2,1H3,(H,20,24)(H,21,22,25). The van der Waals surface area contributed by atoms with E-state index in [-0.39, 0.29) is 17.6 Å². The van der Waals surface area contributed by atoms with Crippen LogP contribution in [0, 0.1) is 0 Å². The molecule has 1 aromatic heterocycles. The van der Waals surface area contributed by atoms with Gasteiger partial charge in [-0.2, -0.15) is 0 Å². The Morgan fingerprint density at radius 1 is 1.14 bits per heavy atom. The molecule has 0 fully saturated rings. The monoisotopic (exact) mass is 434 g/mol. The number of anilines is 2. The number of rotatable bonds is 7. The van der Waals surface area contributed by atoms with Crippen molar-refractivity contribution in [3.63, 3.8) is 0 Å². The van der Waals surface area contributed by atoms with E-state index in [1.165, 1.54) is 30.2 Å². The number of hydrogen-bond acceptors (Lipinski definition) is 7. The van der Waals surface area contributed by atoms with Gasteiger partial charge in [0.15, 0.2) is 4.34 Å². The predicted molar refractivity (Wildman–Crippen MR) is 112 cm³/mol. The maximum Gasteiger partial charge on any atom is 0.257 e. The lowest BCUT2D eigenvalue weighted by molar-refractivity contribution is -0.113. The smallest absolute Gasteiger partial charge is 0.257 e. The molecule has 144 valence electrons. The van der Waals surface area contributed by atoms with Crippen LogP contribution in [0.1, 0.15) is 10.4 Å². The lowest BCUT2D eigenvalue weighted by Crippen LogP contribution is -2.14. The Labute approximate surface area is 174 Å². The Hall–Kier alpha value is -2.62. The zero-order valence-electron chi connectivity index (χ0n) is 14.6. The zero-order chi connectivity index (χ0) is 19.9. The minimum atomic E-state index is -0.265. The van der Waals surface area contributed by atoms with Crippen LogP contribution in [0.5, 0.6) is 5.75 Å². The molecule has 0 radical (unpaired) electrons. The van der Waals surface area contributed by atoms with Gasteiger partial charge < -0.3 is 10.1 Å². The van der Waals surface area contributed by atoms with Gasteiger partial charge in [-0.05, 0) is 30.3 Å². The van der Waals surface area contributed by atoms with Crippen LogP contribution in [0.15, 0.2) is 52.9 Å². The first-order valence-electron chi connectivity index (χ1n) is 8.01. The highest BCUT2D eigenvalue weighted by molar-refractivity contribution is 8.01. The third kappa shape index (κ3) is 5.44. The van der Waals surface area contributed by atoms with Crippen molar-refractivity contribution in [2.75, 3.05) is 23.5 Å². The van der Waals surface area contributed by atoms with E-state index in [2.05, 4.69) is 20.8 Å². The van der Waals surface area contributed by atoms with Crippen LogP contribution in [-0.4, -0.2) is 34.9 Å². The molecule has 0 saturated carbocycles. The molecule has 0 bridgehead atoms. The fourth-order valence-electron chi connectivity index (χ4n) is 2.17. The SMILES string of the molecule is COc1ccc(Cl)cc1NC(=O)CSc1nnc(NC(=O)c2ccccc2)s1. The molecule has 2 aromatic carbocycles. The Morgan fingerprint density at radius 2 is 1.93 bits per heavy atom. The van der Waals surface area contributed by atoms with Crippen LogP contribution in [-0.2, 0) is 4.79 Å². The summed E-state index contributed by atoms with van der Waals surface area (Å²) in [4.78, 5) is 24.3. The molecule has 0 aliphatic carbocycles. The van der Waals surface area contributed by atoms with E-state index >= 15 is 0 Å². The number of thioether (sulfide) groups is 1. The minimum Gasteiger partial charge on any atom is -0.495 e. The molecule has 3 aromatic rings. The molecule has 28 heavy (non-hydrogen) atoms. The fraction of sp³-hybridized carbons (Fsp3) is 0.111. The van der Waals surface area contributed by atoms with Crippen molar-refractivity contribution in [2.24, 2.45) is 0 Å². The highest BCUT2D eigenvalue weighted by Gasteiger charge is 2.13. The summed E-state index contributed by atoms with van der Waals surface area (Å²) < 4.78 is 5.77. The molecule has 0 atom stereocenters. The summed E-state index contributed by atoms with van der Waals surface area (Å²) in [5.74, 6) is 0.135. The Balaban J connectivity index is 1.54. The third-order valence-corrected chi connectivity index (χ3v) is 5.63. The quantitative estimate of drug-likeness (QED) is 0.428. The largest absolute Gasteiger partial charge is 0.495 e. The molecule has 2 N–H and O–H groups in total. The summed E-state index contributed by atoms with van der Waals surface area (Å²) in [6.07, 6.45) is 0. The number of nitrogens with one attached hydrogen (secondary N) is 2. The average molecular weight is 435 g/mol. The first-order valence-corrected chi connectivity index (χ1v) is 10.2. The van der Waals surface area contributed by atoms with Crippen LogP contribution >= 0.6 is 34.7 Å². The van der Waals surface area contributed by atoms with Gasteiger partial charge in [-0.25, -0.2) is 0 Å². The van der Waals surface area contributed by atoms with E-state index in [4.69, 9.17) is 16.3 Å². The first kappa shape index (κ1) is 20.1. The van der Waals surface area contributed by atoms with Crippen LogP contribution in [0.3, 0.4) is 0 Å². The number of ether oxygens (including phenoxy) is 1. The minimum absolute atomic E-state index is 0.122. The second-order valence-electron chi connectivity index (χ2n) is 5.37. The van der Waals surface area contributed by atoms with Crippen molar-refractivity contribution in [1.82, 2.24) is 10.2 Å². The van der Waals surface area contributed by atoms with E-state index in [1.54, 1.807) is 42.5 Å². The number of halogens is 1. The van der Waals surface area contributed by atoms with Crippen LogP contribution in [0.2, 0.25) is 5.02 Å². The van der Waals surface area contributed by atoms with Crippen molar-refractivity contribution < 1.29 is 14.3 Å². The van der Waals surface area contributed by atoms with Gasteiger partial charge in [0.1, 0.15) is 5.75 Å². The lowest BCUT2D eigenvalue weighted by atomic mass is 10.2. The second kappa shape index (κ2) is 9.54. The lowest BCUT2D eigenvalue weighted by Gasteiger charge is -2.09. The van der Waals surface area contributed by atoms with Crippen molar-refractivity contribution >= 4 is 57.3 Å². The molecule has 10 heteroatoms. The van der Waals surface area contributed by atoms with E-state index in [1.807, 2.05) is 6.07 Å². The van der Waals surface area contributed by atoms with Crippen molar-refractivity contribution in [2.45, 2.75) is 4.34 Å². The van der Waals surface area contributed by atoms with Gasteiger partial charge >= 0.3 is 0 Å². The predicted octanol–water partition coefficient (Wildman–Crippen LogP) is 4.18. The summed E-state index contributed by atoms with van der Waals surface area (Å²) >= 11 is 8.37. The highest BCUT2D eigenvalue weighted by Crippen LogP contribution is 2.29. The number of carbonyl (C=O) groups is 2. The first-order chi connectivity index (χ1) is 13.5. The topological polar surface area (TPSA) is 93.2 Å². The molecule has 0 aliphatic heterocycles. The second-order valence-corrected chi connectivity index (χ2v) is 8.01. The molecule has 0 unspecified atom stereocenters. The molecular formula is C18H15ClN4O3S2. The molecule has 2 amide bonds. The number of nitrogens with zero attached hydrogens (tertiary/aromatic N) is 2. The number of hydrogen-bond donors (Lipinski definition) is 2. The summed E-state index contributed by atoms with van der Waals surface area (Å²) in [5.41, 5.74) is 1.02. The van der Waals surface area contributed by atoms with Crippen LogP contribution < -0.4 is 15.4 Å². The molecule has 1 heterocycles. The van der Waals surface area contributed by atoms with Gasteiger partial charge in [0.25, 0.3) is 5.91 Å². The summed E-state index contributed by atoms with van der Waals surface area (Å²) in [7, 11) is 1.51. The van der Waals surface area contributed by atoms with Gasteiger partial charge in [-0.3, -0.25) is 14.9 Å². The van der Waals surface area contributed by atoms with Crippen LogP contribution in [0.4, 0.5) is 10.8 Å². The number of methoxy groups -OCH3 is 1. The number of aromatic nitrogens is 2. The van der Waals surface area contributed by atoms with E-state index in [0.29, 0.717) is 31.5 Å². The maximum atomic E-state index is 12.2.